The SMILES string of the molecule is CCNC(=NCCOCCS(C)(=O)=O)NC1CCN(c2ccc(C)cc2)C1. The lowest BCUT2D eigenvalue weighted by Gasteiger charge is -2.20. The number of aryl methyl sites for hydroxylation is 1. The minimum Gasteiger partial charge on any atom is -0.378 e. The van der Waals surface area contributed by atoms with Gasteiger partial charge in [-0.15, -0.1) is 0 Å². The van der Waals surface area contributed by atoms with E-state index in [0.29, 0.717) is 19.2 Å². The third-order valence-electron chi connectivity index (χ3n) is 4.38. The van der Waals surface area contributed by atoms with E-state index < -0.39 is 9.84 Å². The molecule has 1 atom stereocenters. The van der Waals surface area contributed by atoms with Gasteiger partial charge in [-0.25, -0.2) is 8.42 Å². The number of hydrogen-bond acceptors (Lipinski definition) is 5. The number of benzene rings is 1. The molecule has 152 valence electrons. The van der Waals surface area contributed by atoms with Crippen molar-refractivity contribution in [1.29, 1.82) is 0 Å². The van der Waals surface area contributed by atoms with E-state index >= 15 is 0 Å². The lowest BCUT2D eigenvalue weighted by molar-refractivity contribution is 0.157. The van der Waals surface area contributed by atoms with Gasteiger partial charge in [-0.3, -0.25) is 4.99 Å². The van der Waals surface area contributed by atoms with Crippen LogP contribution in [-0.2, 0) is 14.6 Å². The molecular weight excluding hydrogens is 364 g/mol. The average Bonchev–Trinajstić information content (AvgIpc) is 3.06. The number of nitrogens with zero attached hydrogens (tertiary/aromatic N) is 2. The van der Waals surface area contributed by atoms with E-state index in [1.165, 1.54) is 17.5 Å². The Kier molecular flexibility index (Phi) is 8.37. The van der Waals surface area contributed by atoms with Crippen molar-refractivity contribution in [3.63, 3.8) is 0 Å². The summed E-state index contributed by atoms with van der Waals surface area (Å²) in [6.07, 6.45) is 2.27. The molecule has 1 aromatic rings. The summed E-state index contributed by atoms with van der Waals surface area (Å²) in [5.74, 6) is 0.825. The van der Waals surface area contributed by atoms with Crippen LogP contribution in [0.2, 0.25) is 0 Å². The summed E-state index contributed by atoms with van der Waals surface area (Å²) in [6, 6.07) is 8.97. The van der Waals surface area contributed by atoms with Gasteiger partial charge in [-0.05, 0) is 32.4 Å². The van der Waals surface area contributed by atoms with Gasteiger partial charge in [0.1, 0.15) is 9.84 Å². The van der Waals surface area contributed by atoms with Crippen LogP contribution in [0.3, 0.4) is 0 Å². The minimum atomic E-state index is -2.97. The van der Waals surface area contributed by atoms with Crippen molar-refractivity contribution >= 4 is 21.5 Å². The van der Waals surface area contributed by atoms with Crippen molar-refractivity contribution in [2.24, 2.45) is 4.99 Å². The van der Waals surface area contributed by atoms with Gasteiger partial charge in [0.15, 0.2) is 5.96 Å². The molecule has 1 heterocycles. The first kappa shape index (κ1) is 21.5. The molecule has 1 aliphatic rings. The number of hydrogen-bond donors (Lipinski definition) is 2. The Morgan fingerprint density at radius 1 is 1.30 bits per heavy atom. The van der Waals surface area contributed by atoms with Crippen molar-refractivity contribution in [3.8, 4) is 0 Å². The summed E-state index contributed by atoms with van der Waals surface area (Å²) in [7, 11) is -2.97. The second kappa shape index (κ2) is 10.5. The van der Waals surface area contributed by atoms with Crippen LogP contribution < -0.4 is 15.5 Å². The van der Waals surface area contributed by atoms with Crippen molar-refractivity contribution in [2.45, 2.75) is 26.3 Å². The van der Waals surface area contributed by atoms with Crippen LogP contribution in [-0.4, -0.2) is 71.8 Å². The number of nitrogens with one attached hydrogen (secondary N) is 2. The standard InChI is InChI=1S/C19H32N4O3S/c1-4-20-19(21-10-12-26-13-14-27(3,24)25)22-17-9-11-23(15-17)18-7-5-16(2)6-8-18/h5-8,17H,4,9-15H2,1-3H3,(H2,20,21,22). The molecule has 1 fully saturated rings. The van der Waals surface area contributed by atoms with Crippen molar-refractivity contribution in [2.75, 3.05) is 56.3 Å². The van der Waals surface area contributed by atoms with Gasteiger partial charge in [0, 0.05) is 37.6 Å². The highest BCUT2D eigenvalue weighted by atomic mass is 32.2. The van der Waals surface area contributed by atoms with Gasteiger partial charge < -0.3 is 20.3 Å². The second-order valence-corrected chi connectivity index (χ2v) is 9.17. The third kappa shape index (κ3) is 8.17. The summed E-state index contributed by atoms with van der Waals surface area (Å²) < 4.78 is 27.5. The monoisotopic (exact) mass is 396 g/mol. The number of sulfone groups is 1. The number of aliphatic imine (C=N–C) groups is 1. The normalized spacial score (nSPS) is 18.0. The van der Waals surface area contributed by atoms with Gasteiger partial charge in [-0.2, -0.15) is 0 Å². The molecule has 1 aliphatic heterocycles. The molecular formula is C19H32N4O3S. The van der Waals surface area contributed by atoms with Crippen LogP contribution >= 0.6 is 0 Å². The fraction of sp³-hybridized carbons (Fsp3) is 0.632. The number of ether oxygens (including phenoxy) is 1. The molecule has 0 bridgehead atoms. The van der Waals surface area contributed by atoms with E-state index in [1.807, 2.05) is 6.92 Å². The first-order valence-corrected chi connectivity index (χ1v) is 11.6. The predicted molar refractivity (Wildman–Crippen MR) is 111 cm³/mol. The summed E-state index contributed by atoms with van der Waals surface area (Å²) in [6.45, 7) is 8.00. The average molecular weight is 397 g/mol. The molecule has 0 radical (unpaired) electrons. The van der Waals surface area contributed by atoms with Gasteiger partial charge in [-0.1, -0.05) is 17.7 Å². The van der Waals surface area contributed by atoms with E-state index in [4.69, 9.17) is 4.74 Å². The molecule has 0 aliphatic carbocycles. The highest BCUT2D eigenvalue weighted by Gasteiger charge is 2.23. The second-order valence-electron chi connectivity index (χ2n) is 6.91. The number of rotatable bonds is 9. The minimum absolute atomic E-state index is 0.0476. The van der Waals surface area contributed by atoms with Crippen LogP contribution in [0.5, 0.6) is 0 Å². The zero-order valence-electron chi connectivity index (χ0n) is 16.6. The molecule has 7 nitrogen and oxygen atoms in total. The molecule has 0 saturated carbocycles. The molecule has 27 heavy (non-hydrogen) atoms. The predicted octanol–water partition coefficient (Wildman–Crippen LogP) is 1.19. The fourth-order valence-corrected chi connectivity index (χ4v) is 3.34. The van der Waals surface area contributed by atoms with Crippen molar-refractivity contribution in [3.05, 3.63) is 29.8 Å². The van der Waals surface area contributed by atoms with Crippen LogP contribution in [0, 0.1) is 6.92 Å². The van der Waals surface area contributed by atoms with E-state index in [1.54, 1.807) is 0 Å². The van der Waals surface area contributed by atoms with Gasteiger partial charge in [0.05, 0.1) is 25.5 Å². The molecule has 1 aromatic carbocycles. The largest absolute Gasteiger partial charge is 0.378 e. The van der Waals surface area contributed by atoms with Crippen LogP contribution in [0.1, 0.15) is 18.9 Å². The maximum atomic E-state index is 11.1. The van der Waals surface area contributed by atoms with Crippen LogP contribution in [0.4, 0.5) is 5.69 Å². The highest BCUT2D eigenvalue weighted by Crippen LogP contribution is 2.20. The summed E-state index contributed by atoms with van der Waals surface area (Å²) in [5.41, 5.74) is 2.53. The van der Waals surface area contributed by atoms with Gasteiger partial charge in [0.2, 0.25) is 0 Å². The van der Waals surface area contributed by atoms with Crippen LogP contribution in [0.15, 0.2) is 29.3 Å². The topological polar surface area (TPSA) is 83.0 Å². The molecule has 8 heteroatoms. The maximum absolute atomic E-state index is 11.1. The Morgan fingerprint density at radius 3 is 2.70 bits per heavy atom. The Balaban J connectivity index is 1.77. The zero-order valence-corrected chi connectivity index (χ0v) is 17.4. The number of guanidine groups is 1. The molecule has 0 aromatic heterocycles. The third-order valence-corrected chi connectivity index (χ3v) is 5.28. The van der Waals surface area contributed by atoms with Gasteiger partial charge >= 0.3 is 0 Å². The Hall–Kier alpha value is -1.80. The molecule has 1 unspecified atom stereocenters. The lowest BCUT2D eigenvalue weighted by atomic mass is 10.2. The van der Waals surface area contributed by atoms with Crippen LogP contribution in [0.25, 0.3) is 0 Å². The maximum Gasteiger partial charge on any atom is 0.191 e. The first-order chi connectivity index (χ1) is 12.9. The molecule has 0 spiro atoms. The summed E-state index contributed by atoms with van der Waals surface area (Å²) >= 11 is 0. The summed E-state index contributed by atoms with van der Waals surface area (Å²) in [4.78, 5) is 6.91. The van der Waals surface area contributed by atoms with Crippen molar-refractivity contribution < 1.29 is 13.2 Å². The highest BCUT2D eigenvalue weighted by molar-refractivity contribution is 7.90. The Bertz CT molecular complexity index is 704. The first-order valence-electron chi connectivity index (χ1n) is 9.49. The summed E-state index contributed by atoms with van der Waals surface area (Å²) in [5, 5.41) is 6.74. The van der Waals surface area contributed by atoms with E-state index in [2.05, 4.69) is 51.7 Å². The number of anilines is 1. The lowest BCUT2D eigenvalue weighted by Crippen LogP contribution is -2.44. The van der Waals surface area contributed by atoms with E-state index in [9.17, 15) is 8.42 Å². The quantitative estimate of drug-likeness (QED) is 0.371. The van der Waals surface area contributed by atoms with Crippen molar-refractivity contribution in [1.82, 2.24) is 10.6 Å². The van der Waals surface area contributed by atoms with E-state index in [-0.39, 0.29) is 12.4 Å². The Morgan fingerprint density at radius 2 is 2.04 bits per heavy atom. The fourth-order valence-electron chi connectivity index (χ4n) is 2.92. The molecule has 1 saturated heterocycles. The Labute approximate surface area is 163 Å². The molecule has 0 amide bonds. The smallest absolute Gasteiger partial charge is 0.191 e. The molecule has 2 N–H and O–H groups in total. The van der Waals surface area contributed by atoms with E-state index in [0.717, 1.165) is 32.0 Å². The molecule has 2 rings (SSSR count). The van der Waals surface area contributed by atoms with Gasteiger partial charge in [0.25, 0.3) is 0 Å². The zero-order chi connectivity index (χ0) is 19.7.